The average Bonchev–Trinajstić information content (AvgIpc) is 3.06. The van der Waals surface area contributed by atoms with E-state index in [2.05, 4.69) is 23.2 Å². The molecule has 0 saturated carbocycles. The molecule has 1 N–H and O–H groups in total. The van der Waals surface area contributed by atoms with E-state index in [4.69, 9.17) is 11.6 Å². The Labute approximate surface area is 125 Å². The quantitative estimate of drug-likeness (QED) is 0.909. The highest BCUT2D eigenvalue weighted by atomic mass is 35.5. The molecule has 108 valence electrons. The van der Waals surface area contributed by atoms with E-state index < -0.39 is 0 Å². The molecule has 0 spiro atoms. The van der Waals surface area contributed by atoms with E-state index in [1.54, 1.807) is 0 Å². The molecule has 0 radical (unpaired) electrons. The second-order valence-corrected chi connectivity index (χ2v) is 6.42. The summed E-state index contributed by atoms with van der Waals surface area (Å²) < 4.78 is 0. The van der Waals surface area contributed by atoms with Crippen LogP contribution in [0.5, 0.6) is 0 Å². The Kier molecular flexibility index (Phi) is 3.99. The molecule has 3 rings (SSSR count). The second-order valence-electron chi connectivity index (χ2n) is 5.99. The fourth-order valence-electron chi connectivity index (χ4n) is 3.44. The van der Waals surface area contributed by atoms with Crippen molar-refractivity contribution < 1.29 is 4.79 Å². The van der Waals surface area contributed by atoms with Crippen molar-refractivity contribution in [2.24, 2.45) is 11.8 Å². The molecule has 1 aromatic rings. The number of halogens is 1. The topological polar surface area (TPSA) is 32.3 Å². The number of nitrogens with one attached hydrogen (secondary N) is 1. The third kappa shape index (κ3) is 2.57. The number of amides is 1. The minimum Gasteiger partial charge on any atom is -0.335 e. The summed E-state index contributed by atoms with van der Waals surface area (Å²) in [6.45, 7) is 4.80. The minimum atomic E-state index is 0.134. The first-order valence-corrected chi connectivity index (χ1v) is 7.81. The number of rotatable bonds is 2. The summed E-state index contributed by atoms with van der Waals surface area (Å²) in [5.41, 5.74) is 1.17. The number of nitrogens with zero attached hydrogens (tertiary/aromatic N) is 1. The summed E-state index contributed by atoms with van der Waals surface area (Å²) in [6, 6.07) is 8.13. The van der Waals surface area contributed by atoms with E-state index in [1.165, 1.54) is 5.56 Å². The van der Waals surface area contributed by atoms with Crippen LogP contribution in [-0.2, 0) is 4.79 Å². The molecule has 0 aliphatic carbocycles. The first-order chi connectivity index (χ1) is 9.66. The zero-order valence-corrected chi connectivity index (χ0v) is 12.6. The maximum atomic E-state index is 12.8. The maximum Gasteiger partial charge on any atom is 0.227 e. The molecular formula is C16H21ClN2O. The highest BCUT2D eigenvalue weighted by molar-refractivity contribution is 6.30. The Hall–Kier alpha value is -1.06. The monoisotopic (exact) mass is 292 g/mol. The molecule has 1 aromatic carbocycles. The predicted molar refractivity (Wildman–Crippen MR) is 80.7 cm³/mol. The number of carbonyl (C=O) groups is 1. The van der Waals surface area contributed by atoms with Gasteiger partial charge in [-0.05, 0) is 43.0 Å². The van der Waals surface area contributed by atoms with Crippen molar-refractivity contribution in [1.29, 1.82) is 0 Å². The van der Waals surface area contributed by atoms with E-state index in [0.29, 0.717) is 11.8 Å². The fourth-order valence-corrected chi connectivity index (χ4v) is 3.64. The van der Waals surface area contributed by atoms with E-state index in [0.717, 1.165) is 37.5 Å². The SMILES string of the molecule is CC1CNCC1C(=O)N1CCCC1c1cccc(Cl)c1. The van der Waals surface area contributed by atoms with Crippen LogP contribution in [0.3, 0.4) is 0 Å². The lowest BCUT2D eigenvalue weighted by molar-refractivity contribution is -0.136. The Bertz CT molecular complexity index is 505. The molecule has 2 saturated heterocycles. The van der Waals surface area contributed by atoms with Gasteiger partial charge in [-0.15, -0.1) is 0 Å². The lowest BCUT2D eigenvalue weighted by Crippen LogP contribution is -2.38. The predicted octanol–water partition coefficient (Wildman–Crippen LogP) is 2.86. The summed E-state index contributed by atoms with van der Waals surface area (Å²) in [4.78, 5) is 14.8. The third-order valence-electron chi connectivity index (χ3n) is 4.60. The lowest BCUT2D eigenvalue weighted by atomic mass is 9.95. The number of benzene rings is 1. The highest BCUT2D eigenvalue weighted by Gasteiger charge is 2.37. The van der Waals surface area contributed by atoms with Gasteiger partial charge in [0.2, 0.25) is 5.91 Å². The summed E-state index contributed by atoms with van der Waals surface area (Å²) >= 11 is 6.09. The standard InChI is InChI=1S/C16H21ClN2O/c1-11-9-18-10-14(11)16(20)19-7-3-6-15(19)12-4-2-5-13(17)8-12/h2,4-5,8,11,14-15,18H,3,6-7,9-10H2,1H3. The van der Waals surface area contributed by atoms with Crippen LogP contribution in [-0.4, -0.2) is 30.4 Å². The summed E-state index contributed by atoms with van der Waals surface area (Å²) in [5, 5.41) is 4.07. The van der Waals surface area contributed by atoms with Gasteiger partial charge in [0.25, 0.3) is 0 Å². The molecule has 2 aliphatic heterocycles. The second kappa shape index (κ2) is 5.74. The minimum absolute atomic E-state index is 0.134. The molecule has 4 heteroatoms. The van der Waals surface area contributed by atoms with Crippen LogP contribution in [0.15, 0.2) is 24.3 Å². The first kappa shape index (κ1) is 13.9. The normalized spacial score (nSPS) is 29.9. The number of likely N-dealkylation sites (tertiary alicyclic amines) is 1. The third-order valence-corrected chi connectivity index (χ3v) is 4.84. The summed E-state index contributed by atoms with van der Waals surface area (Å²) in [7, 11) is 0. The largest absolute Gasteiger partial charge is 0.335 e. The van der Waals surface area contributed by atoms with Gasteiger partial charge in [-0.25, -0.2) is 0 Å². The molecule has 3 unspecified atom stereocenters. The van der Waals surface area contributed by atoms with E-state index in [9.17, 15) is 4.79 Å². The highest BCUT2D eigenvalue weighted by Crippen LogP contribution is 2.35. The molecule has 2 aliphatic rings. The van der Waals surface area contributed by atoms with Crippen molar-refractivity contribution in [3.8, 4) is 0 Å². The van der Waals surface area contributed by atoms with Gasteiger partial charge in [0.15, 0.2) is 0 Å². The molecule has 3 atom stereocenters. The van der Waals surface area contributed by atoms with Crippen LogP contribution in [0.1, 0.15) is 31.4 Å². The van der Waals surface area contributed by atoms with Gasteiger partial charge in [0, 0.05) is 18.1 Å². The maximum absolute atomic E-state index is 12.8. The number of carbonyl (C=O) groups excluding carboxylic acids is 1. The number of hydrogen-bond acceptors (Lipinski definition) is 2. The summed E-state index contributed by atoms with van der Waals surface area (Å²) in [6.07, 6.45) is 2.12. The molecule has 0 bridgehead atoms. The molecule has 3 nitrogen and oxygen atoms in total. The van der Waals surface area contributed by atoms with Crippen LogP contribution in [0.25, 0.3) is 0 Å². The van der Waals surface area contributed by atoms with Gasteiger partial charge in [0.1, 0.15) is 0 Å². The number of hydrogen-bond donors (Lipinski definition) is 1. The van der Waals surface area contributed by atoms with Crippen molar-refractivity contribution in [3.63, 3.8) is 0 Å². The Balaban J connectivity index is 1.80. The van der Waals surface area contributed by atoms with Crippen molar-refractivity contribution in [1.82, 2.24) is 10.2 Å². The van der Waals surface area contributed by atoms with Crippen molar-refractivity contribution in [3.05, 3.63) is 34.9 Å². The van der Waals surface area contributed by atoms with Crippen molar-refractivity contribution in [2.45, 2.75) is 25.8 Å². The Morgan fingerprint density at radius 2 is 2.25 bits per heavy atom. The molecule has 2 heterocycles. The van der Waals surface area contributed by atoms with Gasteiger partial charge < -0.3 is 10.2 Å². The summed E-state index contributed by atoms with van der Waals surface area (Å²) in [5.74, 6) is 0.878. The fraction of sp³-hybridized carbons (Fsp3) is 0.562. The molecule has 20 heavy (non-hydrogen) atoms. The van der Waals surface area contributed by atoms with Gasteiger partial charge in [-0.3, -0.25) is 4.79 Å². The molecule has 2 fully saturated rings. The Morgan fingerprint density at radius 1 is 1.40 bits per heavy atom. The average molecular weight is 293 g/mol. The lowest BCUT2D eigenvalue weighted by Gasteiger charge is -2.29. The van der Waals surface area contributed by atoms with E-state index in [-0.39, 0.29) is 12.0 Å². The van der Waals surface area contributed by atoms with Gasteiger partial charge in [-0.1, -0.05) is 30.7 Å². The molecule has 0 aromatic heterocycles. The van der Waals surface area contributed by atoms with Crippen LogP contribution in [0, 0.1) is 11.8 Å². The van der Waals surface area contributed by atoms with Crippen LogP contribution >= 0.6 is 11.6 Å². The van der Waals surface area contributed by atoms with Crippen LogP contribution in [0.2, 0.25) is 5.02 Å². The van der Waals surface area contributed by atoms with Gasteiger partial charge in [-0.2, -0.15) is 0 Å². The zero-order chi connectivity index (χ0) is 14.1. The first-order valence-electron chi connectivity index (χ1n) is 7.43. The van der Waals surface area contributed by atoms with E-state index >= 15 is 0 Å². The van der Waals surface area contributed by atoms with Gasteiger partial charge >= 0.3 is 0 Å². The van der Waals surface area contributed by atoms with Crippen molar-refractivity contribution >= 4 is 17.5 Å². The smallest absolute Gasteiger partial charge is 0.227 e. The van der Waals surface area contributed by atoms with Crippen LogP contribution in [0.4, 0.5) is 0 Å². The van der Waals surface area contributed by atoms with Gasteiger partial charge in [0.05, 0.1) is 12.0 Å². The molecular weight excluding hydrogens is 272 g/mol. The zero-order valence-electron chi connectivity index (χ0n) is 11.8. The van der Waals surface area contributed by atoms with Crippen LogP contribution < -0.4 is 5.32 Å². The van der Waals surface area contributed by atoms with Crippen molar-refractivity contribution in [2.75, 3.05) is 19.6 Å². The Morgan fingerprint density at radius 3 is 2.95 bits per heavy atom. The van der Waals surface area contributed by atoms with E-state index in [1.807, 2.05) is 18.2 Å². The molecule has 1 amide bonds.